The first-order valence-electron chi connectivity index (χ1n) is 10.3. The maximum absolute atomic E-state index is 13.4. The molecule has 0 aliphatic carbocycles. The fourth-order valence-electron chi connectivity index (χ4n) is 4.17. The van der Waals surface area contributed by atoms with E-state index < -0.39 is 11.8 Å². The van der Waals surface area contributed by atoms with Gasteiger partial charge >= 0.3 is 5.97 Å². The minimum absolute atomic E-state index is 0.00769. The number of halogens is 2. The topological polar surface area (TPSA) is 51.5 Å². The number of Topliss-reactive ketones (excluding diaryl/α,β-unsaturated/α-hetero) is 1. The van der Waals surface area contributed by atoms with Crippen molar-refractivity contribution >= 4 is 46.7 Å². The lowest BCUT2D eigenvalue weighted by Crippen LogP contribution is -2.18. The Labute approximate surface area is 202 Å². The minimum atomic E-state index is -0.680. The first-order chi connectivity index (χ1) is 15.7. The Morgan fingerprint density at radius 2 is 1.64 bits per heavy atom. The van der Waals surface area contributed by atoms with Crippen molar-refractivity contribution in [3.63, 3.8) is 0 Å². The Morgan fingerprint density at radius 3 is 2.27 bits per heavy atom. The van der Waals surface area contributed by atoms with E-state index in [-0.39, 0.29) is 5.57 Å². The number of aryl methyl sites for hydroxylation is 1. The minimum Gasteiger partial charge on any atom is -0.465 e. The van der Waals surface area contributed by atoms with Crippen LogP contribution in [0.4, 0.5) is 5.69 Å². The largest absolute Gasteiger partial charge is 0.465 e. The Morgan fingerprint density at radius 1 is 0.939 bits per heavy atom. The van der Waals surface area contributed by atoms with Gasteiger partial charge in [-0.15, -0.1) is 0 Å². The average molecular weight is 481 g/mol. The van der Waals surface area contributed by atoms with Gasteiger partial charge < -0.3 is 14.2 Å². The lowest BCUT2D eigenvalue weighted by Gasteiger charge is -2.22. The van der Waals surface area contributed by atoms with Gasteiger partial charge in [0.15, 0.2) is 0 Å². The van der Waals surface area contributed by atoms with E-state index in [2.05, 4.69) is 4.57 Å². The number of carbonyl (C=O) groups excluding carboxylic acids is 2. The molecule has 4 rings (SSSR count). The third-order valence-corrected chi connectivity index (χ3v) is 6.46. The molecule has 0 fully saturated rings. The van der Waals surface area contributed by atoms with Gasteiger partial charge in [0.25, 0.3) is 0 Å². The van der Waals surface area contributed by atoms with Crippen LogP contribution in [0.3, 0.4) is 0 Å². The van der Waals surface area contributed by atoms with E-state index in [0.29, 0.717) is 27.1 Å². The lowest BCUT2D eigenvalue weighted by atomic mass is 10.1. The summed E-state index contributed by atoms with van der Waals surface area (Å²) in [6, 6.07) is 17.1. The average Bonchev–Trinajstić information content (AvgIpc) is 3.21. The molecule has 0 spiro atoms. The Balaban J connectivity index is 1.89. The van der Waals surface area contributed by atoms with Crippen LogP contribution < -0.4 is 4.90 Å². The van der Waals surface area contributed by atoms with Crippen molar-refractivity contribution in [3.05, 3.63) is 98.6 Å². The molecule has 1 aliphatic rings. The molecule has 0 saturated carbocycles. The summed E-state index contributed by atoms with van der Waals surface area (Å²) in [6.07, 6.45) is 1.80. The van der Waals surface area contributed by atoms with Crippen LogP contribution >= 0.6 is 23.2 Å². The van der Waals surface area contributed by atoms with Crippen LogP contribution in [-0.2, 0) is 14.3 Å². The number of aromatic nitrogens is 1. The van der Waals surface area contributed by atoms with Gasteiger partial charge in [-0.05, 0) is 68.8 Å². The number of methoxy groups -OCH3 is 1. The molecule has 0 radical (unpaired) electrons. The molecule has 0 amide bonds. The highest BCUT2D eigenvalue weighted by Gasteiger charge is 2.38. The lowest BCUT2D eigenvalue weighted by molar-refractivity contribution is -0.137. The molecule has 1 aromatic heterocycles. The molecular weight excluding hydrogens is 459 g/mol. The van der Waals surface area contributed by atoms with Gasteiger partial charge in [-0.2, -0.15) is 0 Å². The predicted octanol–water partition coefficient (Wildman–Crippen LogP) is 6.28. The van der Waals surface area contributed by atoms with Crippen LogP contribution in [0.15, 0.2) is 71.6 Å². The Bertz CT molecular complexity index is 1340. The molecule has 0 unspecified atom stereocenters. The predicted molar refractivity (Wildman–Crippen MR) is 132 cm³/mol. The number of rotatable bonds is 4. The summed E-state index contributed by atoms with van der Waals surface area (Å²) < 4.78 is 7.00. The molecule has 0 atom stereocenters. The number of allylic oxidation sites excluding steroid dienone is 2. The normalized spacial score (nSPS) is 15.0. The van der Waals surface area contributed by atoms with E-state index in [1.807, 2.05) is 50.2 Å². The second kappa shape index (κ2) is 8.93. The molecule has 168 valence electrons. The second-order valence-corrected chi connectivity index (χ2v) is 8.56. The summed E-state index contributed by atoms with van der Waals surface area (Å²) >= 11 is 12.4. The van der Waals surface area contributed by atoms with E-state index in [1.54, 1.807) is 36.1 Å². The number of hydrogen-bond donors (Lipinski definition) is 0. The zero-order valence-corrected chi connectivity index (χ0v) is 20.2. The summed E-state index contributed by atoms with van der Waals surface area (Å²) in [4.78, 5) is 27.5. The zero-order chi connectivity index (χ0) is 23.9. The summed E-state index contributed by atoms with van der Waals surface area (Å²) in [5.41, 5.74) is 5.30. The molecule has 0 saturated heterocycles. The molecule has 7 heteroatoms. The number of benzene rings is 2. The third-order valence-electron chi connectivity index (χ3n) is 5.73. The maximum atomic E-state index is 13.4. The Hall–Kier alpha value is -3.28. The third kappa shape index (κ3) is 3.99. The molecule has 33 heavy (non-hydrogen) atoms. The van der Waals surface area contributed by atoms with Gasteiger partial charge in [-0.1, -0.05) is 41.4 Å². The SMILES string of the molecule is COC(=O)C1=C(C)N(c2ccc(Cl)c(Cl)c2)/C(=C/c2cc(C)n(-c3ccccc3)c2C)C1=O. The number of ketones is 1. The summed E-state index contributed by atoms with van der Waals surface area (Å²) in [6.45, 7) is 5.72. The smallest absolute Gasteiger partial charge is 0.343 e. The number of esters is 1. The highest BCUT2D eigenvalue weighted by atomic mass is 35.5. The number of anilines is 1. The number of nitrogens with zero attached hydrogens (tertiary/aromatic N) is 2. The summed E-state index contributed by atoms with van der Waals surface area (Å²) in [7, 11) is 1.26. The van der Waals surface area contributed by atoms with E-state index in [4.69, 9.17) is 27.9 Å². The molecule has 2 heterocycles. The first-order valence-corrected chi connectivity index (χ1v) is 11.0. The second-order valence-electron chi connectivity index (χ2n) is 7.74. The quantitative estimate of drug-likeness (QED) is 0.250. The number of ether oxygens (including phenoxy) is 1. The zero-order valence-electron chi connectivity index (χ0n) is 18.6. The van der Waals surface area contributed by atoms with E-state index in [1.165, 1.54) is 7.11 Å². The summed E-state index contributed by atoms with van der Waals surface area (Å²) in [5.74, 6) is -1.09. The van der Waals surface area contributed by atoms with Gasteiger partial charge in [0, 0.05) is 28.5 Å². The monoisotopic (exact) mass is 480 g/mol. The van der Waals surface area contributed by atoms with Gasteiger partial charge in [0.05, 0.1) is 22.9 Å². The Kier molecular flexibility index (Phi) is 6.19. The molecule has 5 nitrogen and oxygen atoms in total. The van der Waals surface area contributed by atoms with Gasteiger partial charge in [-0.3, -0.25) is 4.79 Å². The van der Waals surface area contributed by atoms with E-state index >= 15 is 0 Å². The van der Waals surface area contributed by atoms with Crippen LogP contribution in [0.1, 0.15) is 23.9 Å². The fourth-order valence-corrected chi connectivity index (χ4v) is 4.46. The molecule has 2 aromatic carbocycles. The summed E-state index contributed by atoms with van der Waals surface area (Å²) in [5, 5.41) is 0.750. The van der Waals surface area contributed by atoms with Crippen molar-refractivity contribution in [3.8, 4) is 5.69 Å². The van der Waals surface area contributed by atoms with Crippen LogP contribution in [0, 0.1) is 13.8 Å². The van der Waals surface area contributed by atoms with Crippen molar-refractivity contribution < 1.29 is 14.3 Å². The highest BCUT2D eigenvalue weighted by Crippen LogP contribution is 2.38. The maximum Gasteiger partial charge on any atom is 0.343 e. The van der Waals surface area contributed by atoms with E-state index in [0.717, 1.165) is 22.6 Å². The van der Waals surface area contributed by atoms with Gasteiger partial charge in [0.1, 0.15) is 5.57 Å². The molecule has 1 aliphatic heterocycles. The first kappa shape index (κ1) is 22.9. The molecule has 0 N–H and O–H groups in total. The van der Waals surface area contributed by atoms with Crippen LogP contribution in [0.5, 0.6) is 0 Å². The number of carbonyl (C=O) groups is 2. The van der Waals surface area contributed by atoms with Crippen LogP contribution in [-0.4, -0.2) is 23.4 Å². The van der Waals surface area contributed by atoms with Crippen LogP contribution in [0.25, 0.3) is 11.8 Å². The highest BCUT2D eigenvalue weighted by molar-refractivity contribution is 6.42. The number of para-hydroxylation sites is 1. The van der Waals surface area contributed by atoms with Crippen LogP contribution in [0.2, 0.25) is 10.0 Å². The molecule has 3 aromatic rings. The van der Waals surface area contributed by atoms with Gasteiger partial charge in [0.2, 0.25) is 5.78 Å². The van der Waals surface area contributed by atoms with Crippen molar-refractivity contribution in [1.82, 2.24) is 4.57 Å². The van der Waals surface area contributed by atoms with Crippen molar-refractivity contribution in [2.24, 2.45) is 0 Å². The standard InChI is InChI=1S/C26H22Cl2N2O3/c1-15-12-18(16(2)29(15)19-8-6-5-7-9-19)13-23-25(31)24(26(32)33-4)17(3)30(23)20-10-11-21(27)22(28)14-20/h5-14H,1-4H3/b23-13+. The van der Waals surface area contributed by atoms with Crippen molar-refractivity contribution in [1.29, 1.82) is 0 Å². The molecule has 0 bridgehead atoms. The van der Waals surface area contributed by atoms with Crippen molar-refractivity contribution in [2.45, 2.75) is 20.8 Å². The van der Waals surface area contributed by atoms with Gasteiger partial charge in [-0.25, -0.2) is 4.79 Å². The van der Waals surface area contributed by atoms with E-state index in [9.17, 15) is 9.59 Å². The van der Waals surface area contributed by atoms with Crippen molar-refractivity contribution in [2.75, 3.05) is 12.0 Å². The molecular formula is C26H22Cl2N2O3. The number of hydrogen-bond acceptors (Lipinski definition) is 4. The fraction of sp³-hybridized carbons (Fsp3) is 0.154.